The van der Waals surface area contributed by atoms with Crippen molar-refractivity contribution in [3.8, 4) is 11.5 Å². The first-order valence-corrected chi connectivity index (χ1v) is 6.46. The van der Waals surface area contributed by atoms with Gasteiger partial charge in [-0.1, -0.05) is 6.07 Å². The predicted molar refractivity (Wildman–Crippen MR) is 81.0 cm³/mol. The third-order valence-electron chi connectivity index (χ3n) is 3.02. The summed E-state index contributed by atoms with van der Waals surface area (Å²) in [5, 5.41) is 2.55. The molecule has 0 radical (unpaired) electrons. The van der Waals surface area contributed by atoms with E-state index in [-0.39, 0.29) is 10.7 Å². The zero-order chi connectivity index (χ0) is 15.6. The fourth-order valence-electron chi connectivity index (χ4n) is 1.85. The molecular formula is C14H14N2O4S. The minimum Gasteiger partial charge on any atom is -0.493 e. The van der Waals surface area contributed by atoms with Gasteiger partial charge in [-0.2, -0.15) is 0 Å². The van der Waals surface area contributed by atoms with Crippen LogP contribution in [-0.4, -0.2) is 43.1 Å². The number of amides is 2. The fourth-order valence-corrected chi connectivity index (χ4v) is 2.03. The van der Waals surface area contributed by atoms with E-state index in [1.807, 2.05) is 0 Å². The Hall–Kier alpha value is -2.41. The Kier molecular flexibility index (Phi) is 4.23. The molecule has 1 aliphatic heterocycles. The number of benzene rings is 1. The lowest BCUT2D eigenvalue weighted by atomic mass is 10.1. The highest BCUT2D eigenvalue weighted by Crippen LogP contribution is 2.28. The Morgan fingerprint density at radius 1 is 1.19 bits per heavy atom. The minimum absolute atomic E-state index is 0.0123. The molecule has 1 aromatic rings. The summed E-state index contributed by atoms with van der Waals surface area (Å²) in [5.74, 6) is 0.119. The minimum atomic E-state index is -0.516. The van der Waals surface area contributed by atoms with Gasteiger partial charge in [0.05, 0.1) is 14.2 Å². The second-order valence-electron chi connectivity index (χ2n) is 4.30. The first-order chi connectivity index (χ1) is 9.97. The molecule has 0 aromatic heterocycles. The molecule has 0 spiro atoms. The molecule has 1 aromatic carbocycles. The number of carbonyl (C=O) groups excluding carboxylic acids is 2. The molecule has 0 aliphatic carbocycles. The topological polar surface area (TPSA) is 67.9 Å². The van der Waals surface area contributed by atoms with Gasteiger partial charge in [0, 0.05) is 7.05 Å². The van der Waals surface area contributed by atoms with Crippen molar-refractivity contribution in [2.75, 3.05) is 21.3 Å². The quantitative estimate of drug-likeness (QED) is 0.512. The average molecular weight is 306 g/mol. The number of methoxy groups -OCH3 is 2. The van der Waals surface area contributed by atoms with Crippen LogP contribution in [-0.2, 0) is 9.59 Å². The molecule has 6 nitrogen and oxygen atoms in total. The molecule has 0 unspecified atom stereocenters. The molecule has 2 amide bonds. The zero-order valence-corrected chi connectivity index (χ0v) is 12.6. The van der Waals surface area contributed by atoms with E-state index in [1.54, 1.807) is 18.2 Å². The van der Waals surface area contributed by atoms with E-state index in [2.05, 4.69) is 5.32 Å². The number of ether oxygens (including phenoxy) is 2. The number of likely N-dealkylation sites (N-methyl/N-ethyl adjacent to an activating group) is 1. The molecule has 1 heterocycles. The van der Waals surface area contributed by atoms with Crippen LogP contribution in [0.1, 0.15) is 5.56 Å². The highest BCUT2D eigenvalue weighted by atomic mass is 32.1. The van der Waals surface area contributed by atoms with Crippen LogP contribution in [0, 0.1) is 0 Å². The maximum atomic E-state index is 12.1. The number of nitrogens with one attached hydrogen (secondary N) is 1. The summed E-state index contributed by atoms with van der Waals surface area (Å²) in [4.78, 5) is 25.2. The Morgan fingerprint density at radius 3 is 2.48 bits per heavy atom. The SMILES string of the molecule is COc1ccc(/C=C2\C(=O)NC(=S)N(C)C2=O)cc1OC. The Morgan fingerprint density at radius 2 is 1.86 bits per heavy atom. The van der Waals surface area contributed by atoms with Gasteiger partial charge in [0.25, 0.3) is 11.8 Å². The lowest BCUT2D eigenvalue weighted by molar-refractivity contribution is -0.128. The van der Waals surface area contributed by atoms with Crippen molar-refractivity contribution in [2.45, 2.75) is 0 Å². The molecule has 0 saturated carbocycles. The number of hydrogen-bond donors (Lipinski definition) is 1. The van der Waals surface area contributed by atoms with E-state index in [1.165, 1.54) is 32.2 Å². The first-order valence-electron chi connectivity index (χ1n) is 6.05. The van der Waals surface area contributed by atoms with Crippen molar-refractivity contribution in [1.82, 2.24) is 10.2 Å². The van der Waals surface area contributed by atoms with Crippen LogP contribution < -0.4 is 14.8 Å². The molecule has 21 heavy (non-hydrogen) atoms. The van der Waals surface area contributed by atoms with Gasteiger partial charge in [0.1, 0.15) is 5.57 Å². The summed E-state index contributed by atoms with van der Waals surface area (Å²) < 4.78 is 10.3. The molecule has 7 heteroatoms. The van der Waals surface area contributed by atoms with Gasteiger partial charge < -0.3 is 9.47 Å². The number of nitrogens with zero attached hydrogens (tertiary/aromatic N) is 1. The highest BCUT2D eigenvalue weighted by molar-refractivity contribution is 7.80. The third kappa shape index (κ3) is 2.87. The van der Waals surface area contributed by atoms with E-state index < -0.39 is 11.8 Å². The second kappa shape index (κ2) is 5.92. The van der Waals surface area contributed by atoms with Crippen LogP contribution in [0.3, 0.4) is 0 Å². The van der Waals surface area contributed by atoms with Crippen LogP contribution in [0.25, 0.3) is 6.08 Å². The molecule has 0 atom stereocenters. The second-order valence-corrected chi connectivity index (χ2v) is 4.68. The number of rotatable bonds is 3. The van der Waals surface area contributed by atoms with Gasteiger partial charge in [-0.25, -0.2) is 0 Å². The lowest BCUT2D eigenvalue weighted by Gasteiger charge is -2.25. The van der Waals surface area contributed by atoms with Crippen LogP contribution in [0.15, 0.2) is 23.8 Å². The van der Waals surface area contributed by atoms with E-state index in [0.717, 1.165) is 0 Å². The van der Waals surface area contributed by atoms with Crippen molar-refractivity contribution in [1.29, 1.82) is 0 Å². The summed E-state index contributed by atoms with van der Waals surface area (Å²) in [6.45, 7) is 0. The smallest absolute Gasteiger partial charge is 0.265 e. The Bertz CT molecular complexity index is 654. The van der Waals surface area contributed by atoms with Crippen molar-refractivity contribution < 1.29 is 19.1 Å². The van der Waals surface area contributed by atoms with Crippen molar-refractivity contribution in [3.05, 3.63) is 29.3 Å². The summed E-state index contributed by atoms with van der Waals surface area (Å²) in [5.41, 5.74) is 0.658. The van der Waals surface area contributed by atoms with E-state index in [9.17, 15) is 9.59 Å². The molecule has 1 N–H and O–H groups in total. The molecule has 1 aliphatic rings. The molecule has 1 saturated heterocycles. The monoisotopic (exact) mass is 306 g/mol. The van der Waals surface area contributed by atoms with E-state index in [0.29, 0.717) is 17.1 Å². The fraction of sp³-hybridized carbons (Fsp3) is 0.214. The highest BCUT2D eigenvalue weighted by Gasteiger charge is 2.30. The maximum absolute atomic E-state index is 12.1. The van der Waals surface area contributed by atoms with Crippen LogP contribution in [0.5, 0.6) is 11.5 Å². The van der Waals surface area contributed by atoms with Crippen molar-refractivity contribution in [2.24, 2.45) is 0 Å². The third-order valence-corrected chi connectivity index (χ3v) is 3.40. The maximum Gasteiger partial charge on any atom is 0.265 e. The standard InChI is InChI=1S/C14H14N2O4S/c1-16-13(18)9(12(17)15-14(16)21)6-8-4-5-10(19-2)11(7-8)20-3/h4-7H,1-3H3,(H,15,17,21)/b9-6+. The van der Waals surface area contributed by atoms with Gasteiger partial charge >= 0.3 is 0 Å². The van der Waals surface area contributed by atoms with Crippen LogP contribution in [0.2, 0.25) is 0 Å². The lowest BCUT2D eigenvalue weighted by Crippen LogP contribution is -2.52. The Balaban J connectivity index is 2.41. The molecular weight excluding hydrogens is 292 g/mol. The van der Waals surface area contributed by atoms with Crippen molar-refractivity contribution >= 4 is 35.2 Å². The zero-order valence-electron chi connectivity index (χ0n) is 11.8. The van der Waals surface area contributed by atoms with Gasteiger partial charge in [-0.15, -0.1) is 0 Å². The van der Waals surface area contributed by atoms with Gasteiger partial charge in [-0.3, -0.25) is 19.8 Å². The molecule has 110 valence electrons. The number of hydrogen-bond acceptors (Lipinski definition) is 5. The largest absolute Gasteiger partial charge is 0.493 e. The number of thiocarbonyl (C=S) groups is 1. The van der Waals surface area contributed by atoms with Crippen LogP contribution in [0.4, 0.5) is 0 Å². The summed E-state index contributed by atoms with van der Waals surface area (Å²) in [6.07, 6.45) is 1.48. The Labute approximate surface area is 127 Å². The predicted octanol–water partition coefficient (Wildman–Crippen LogP) is 0.960. The van der Waals surface area contributed by atoms with Crippen LogP contribution >= 0.6 is 12.2 Å². The van der Waals surface area contributed by atoms with Gasteiger partial charge in [0.2, 0.25) is 0 Å². The first kappa shape index (κ1) is 15.0. The van der Waals surface area contributed by atoms with Crippen molar-refractivity contribution in [3.63, 3.8) is 0 Å². The summed E-state index contributed by atoms with van der Waals surface area (Å²) in [7, 11) is 4.55. The molecule has 1 fully saturated rings. The summed E-state index contributed by atoms with van der Waals surface area (Å²) >= 11 is 4.88. The van der Waals surface area contributed by atoms with Gasteiger partial charge in [0.15, 0.2) is 16.6 Å². The van der Waals surface area contributed by atoms with Gasteiger partial charge in [-0.05, 0) is 36.0 Å². The summed E-state index contributed by atoms with van der Waals surface area (Å²) in [6, 6.07) is 5.10. The normalized spacial score (nSPS) is 17.0. The van der Waals surface area contributed by atoms with E-state index >= 15 is 0 Å². The average Bonchev–Trinajstić information content (AvgIpc) is 2.49. The molecule has 0 bridgehead atoms. The molecule has 2 rings (SSSR count). The number of carbonyl (C=O) groups is 2. The van der Waals surface area contributed by atoms with E-state index in [4.69, 9.17) is 21.7 Å².